The molecule has 0 amide bonds. The Hall–Kier alpha value is -1.60. The number of nitrogens with one attached hydrogen (secondary N) is 1. The molecule has 1 aromatic heterocycles. The van der Waals surface area contributed by atoms with E-state index >= 15 is 0 Å². The van der Waals surface area contributed by atoms with Crippen molar-refractivity contribution in [3.8, 4) is 0 Å². The lowest BCUT2D eigenvalue weighted by atomic mass is 9.88. The lowest BCUT2D eigenvalue weighted by molar-refractivity contribution is -0.0139. The van der Waals surface area contributed by atoms with E-state index in [1.54, 1.807) is 0 Å². The topological polar surface area (TPSA) is 57.9 Å². The summed E-state index contributed by atoms with van der Waals surface area (Å²) in [5.74, 6) is 1.63. The number of aryl methyl sites for hydroxylation is 1. The summed E-state index contributed by atoms with van der Waals surface area (Å²) in [5.41, 5.74) is 1.54. The molecule has 4 rings (SSSR count). The number of aromatic nitrogens is 2. The molecule has 3 fully saturated rings. The molecule has 0 aromatic carbocycles. The second-order valence-electron chi connectivity index (χ2n) is 8.58. The van der Waals surface area contributed by atoms with Gasteiger partial charge in [0.25, 0.3) is 0 Å². The van der Waals surface area contributed by atoms with Gasteiger partial charge in [0.1, 0.15) is 0 Å². The molecule has 0 saturated carbocycles. The van der Waals surface area contributed by atoms with Gasteiger partial charge in [-0.2, -0.15) is 5.10 Å². The SMILES string of the molecule is CCNC(=NCC1(N2CCCC2)CCOCC1)N1CCC(c2cnn(C)c2)C1. The predicted molar refractivity (Wildman–Crippen MR) is 112 cm³/mol. The minimum Gasteiger partial charge on any atom is -0.381 e. The average Bonchev–Trinajstić information content (AvgIpc) is 3.47. The minimum atomic E-state index is 0.192. The van der Waals surface area contributed by atoms with Crippen molar-refractivity contribution in [2.45, 2.75) is 50.5 Å². The van der Waals surface area contributed by atoms with E-state index in [9.17, 15) is 0 Å². The van der Waals surface area contributed by atoms with Crippen molar-refractivity contribution in [1.29, 1.82) is 0 Å². The summed E-state index contributed by atoms with van der Waals surface area (Å²) in [6.07, 6.45) is 10.2. The smallest absolute Gasteiger partial charge is 0.194 e. The van der Waals surface area contributed by atoms with Gasteiger partial charge in [0.05, 0.1) is 12.7 Å². The molecule has 0 aliphatic carbocycles. The van der Waals surface area contributed by atoms with E-state index in [0.29, 0.717) is 5.92 Å². The van der Waals surface area contributed by atoms with Crippen molar-refractivity contribution in [3.05, 3.63) is 18.0 Å². The Morgan fingerprint density at radius 2 is 2.07 bits per heavy atom. The molecule has 0 spiro atoms. The second-order valence-corrected chi connectivity index (χ2v) is 8.58. The van der Waals surface area contributed by atoms with Crippen molar-refractivity contribution in [2.24, 2.45) is 12.0 Å². The van der Waals surface area contributed by atoms with Gasteiger partial charge in [-0.1, -0.05) is 0 Å². The van der Waals surface area contributed by atoms with Gasteiger partial charge >= 0.3 is 0 Å². The Morgan fingerprint density at radius 1 is 1.29 bits per heavy atom. The predicted octanol–water partition coefficient (Wildman–Crippen LogP) is 1.82. The first kappa shape index (κ1) is 19.7. The third kappa shape index (κ3) is 4.20. The summed E-state index contributed by atoms with van der Waals surface area (Å²) in [5, 5.41) is 7.91. The fraction of sp³-hybridized carbons (Fsp3) is 0.810. The van der Waals surface area contributed by atoms with Crippen molar-refractivity contribution in [3.63, 3.8) is 0 Å². The van der Waals surface area contributed by atoms with E-state index in [0.717, 1.165) is 58.2 Å². The number of rotatable bonds is 5. The molecule has 1 N–H and O–H groups in total. The van der Waals surface area contributed by atoms with Gasteiger partial charge in [0, 0.05) is 57.5 Å². The molecule has 3 saturated heterocycles. The number of ether oxygens (including phenoxy) is 1. The number of hydrogen-bond donors (Lipinski definition) is 1. The Kier molecular flexibility index (Phi) is 6.21. The zero-order chi connectivity index (χ0) is 19.4. The van der Waals surface area contributed by atoms with Crippen LogP contribution in [0.5, 0.6) is 0 Å². The number of likely N-dealkylation sites (tertiary alicyclic amines) is 2. The molecule has 0 radical (unpaired) electrons. The lowest BCUT2D eigenvalue weighted by Crippen LogP contribution is -2.54. The van der Waals surface area contributed by atoms with Crippen LogP contribution in [0.25, 0.3) is 0 Å². The van der Waals surface area contributed by atoms with Gasteiger partial charge in [-0.3, -0.25) is 14.6 Å². The van der Waals surface area contributed by atoms with Crippen molar-refractivity contribution < 1.29 is 4.74 Å². The molecule has 4 heterocycles. The third-order valence-corrected chi connectivity index (χ3v) is 6.74. The summed E-state index contributed by atoms with van der Waals surface area (Å²) in [6, 6.07) is 0. The molecule has 7 heteroatoms. The van der Waals surface area contributed by atoms with Crippen LogP contribution in [0.1, 0.15) is 50.5 Å². The normalized spacial score (nSPS) is 26.1. The van der Waals surface area contributed by atoms with E-state index in [4.69, 9.17) is 9.73 Å². The number of aliphatic imine (C=N–C) groups is 1. The standard InChI is InChI=1S/C21H36N6O/c1-3-22-20(26-11-6-18(16-26)19-14-24-25(2)15-19)23-17-21(7-12-28-13-8-21)27-9-4-5-10-27/h14-15,18H,3-13,16-17H2,1-2H3,(H,22,23). The lowest BCUT2D eigenvalue weighted by Gasteiger charge is -2.43. The Bertz CT molecular complexity index is 660. The number of guanidine groups is 1. The van der Waals surface area contributed by atoms with Crippen LogP contribution >= 0.6 is 0 Å². The van der Waals surface area contributed by atoms with Crippen molar-refractivity contribution in [1.82, 2.24) is 24.9 Å². The summed E-state index contributed by atoms with van der Waals surface area (Å²) in [7, 11) is 1.99. The molecule has 7 nitrogen and oxygen atoms in total. The molecular weight excluding hydrogens is 352 g/mol. The summed E-state index contributed by atoms with van der Waals surface area (Å²) >= 11 is 0. The third-order valence-electron chi connectivity index (χ3n) is 6.74. The van der Waals surface area contributed by atoms with Crippen LogP contribution in [0, 0.1) is 0 Å². The highest BCUT2D eigenvalue weighted by atomic mass is 16.5. The van der Waals surface area contributed by atoms with Gasteiger partial charge in [-0.05, 0) is 57.7 Å². The van der Waals surface area contributed by atoms with Gasteiger partial charge in [-0.25, -0.2) is 0 Å². The van der Waals surface area contributed by atoms with Crippen LogP contribution in [0.4, 0.5) is 0 Å². The molecule has 28 heavy (non-hydrogen) atoms. The number of nitrogens with zero attached hydrogens (tertiary/aromatic N) is 5. The van der Waals surface area contributed by atoms with Crippen LogP contribution in [0.3, 0.4) is 0 Å². The molecule has 1 unspecified atom stereocenters. The highest BCUT2D eigenvalue weighted by molar-refractivity contribution is 5.80. The van der Waals surface area contributed by atoms with Crippen molar-refractivity contribution in [2.75, 3.05) is 52.5 Å². The van der Waals surface area contributed by atoms with Gasteiger partial charge in [0.15, 0.2) is 5.96 Å². The van der Waals surface area contributed by atoms with Gasteiger partial charge in [-0.15, -0.1) is 0 Å². The molecule has 1 atom stereocenters. The molecule has 3 aliphatic heterocycles. The van der Waals surface area contributed by atoms with Crippen LogP contribution < -0.4 is 5.32 Å². The van der Waals surface area contributed by atoms with E-state index in [2.05, 4.69) is 33.3 Å². The first-order valence-corrected chi connectivity index (χ1v) is 11.0. The Morgan fingerprint density at radius 3 is 2.75 bits per heavy atom. The largest absolute Gasteiger partial charge is 0.381 e. The fourth-order valence-electron chi connectivity index (χ4n) is 5.04. The number of hydrogen-bond acceptors (Lipinski definition) is 4. The summed E-state index contributed by atoms with van der Waals surface area (Å²) < 4.78 is 7.60. The van der Waals surface area contributed by atoms with Crippen LogP contribution in [-0.4, -0.2) is 83.6 Å². The second kappa shape index (κ2) is 8.82. The van der Waals surface area contributed by atoms with Crippen LogP contribution in [0.2, 0.25) is 0 Å². The van der Waals surface area contributed by atoms with Gasteiger partial charge in [0.2, 0.25) is 0 Å². The van der Waals surface area contributed by atoms with Crippen molar-refractivity contribution >= 4 is 5.96 Å². The summed E-state index contributed by atoms with van der Waals surface area (Å²) in [6.45, 7) is 10.2. The van der Waals surface area contributed by atoms with E-state index < -0.39 is 0 Å². The van der Waals surface area contributed by atoms with Crippen LogP contribution in [-0.2, 0) is 11.8 Å². The van der Waals surface area contributed by atoms with E-state index in [1.807, 2.05) is 17.9 Å². The Labute approximate surface area is 169 Å². The monoisotopic (exact) mass is 388 g/mol. The zero-order valence-electron chi connectivity index (χ0n) is 17.6. The Balaban J connectivity index is 1.46. The first-order chi connectivity index (χ1) is 13.7. The van der Waals surface area contributed by atoms with Gasteiger partial charge < -0.3 is 15.0 Å². The van der Waals surface area contributed by atoms with Crippen LogP contribution in [0.15, 0.2) is 17.4 Å². The highest BCUT2D eigenvalue weighted by Gasteiger charge is 2.40. The minimum absolute atomic E-state index is 0.192. The molecule has 0 bridgehead atoms. The zero-order valence-corrected chi connectivity index (χ0v) is 17.6. The van der Waals surface area contributed by atoms with E-state index in [1.165, 1.54) is 37.9 Å². The summed E-state index contributed by atoms with van der Waals surface area (Å²) in [4.78, 5) is 10.3. The van der Waals surface area contributed by atoms with E-state index in [-0.39, 0.29) is 5.54 Å². The first-order valence-electron chi connectivity index (χ1n) is 11.0. The maximum Gasteiger partial charge on any atom is 0.194 e. The maximum absolute atomic E-state index is 5.69. The fourth-order valence-corrected chi connectivity index (χ4v) is 5.04. The molecular formula is C21H36N6O. The molecule has 1 aromatic rings. The maximum atomic E-state index is 5.69. The average molecular weight is 389 g/mol. The highest BCUT2D eigenvalue weighted by Crippen LogP contribution is 2.32. The quantitative estimate of drug-likeness (QED) is 0.616. The molecule has 3 aliphatic rings. The molecule has 156 valence electrons.